The Morgan fingerprint density at radius 2 is 1.00 bits per heavy atom. The number of allylic oxidation sites excluding steroid dienone is 2. The molecule has 1 unspecified atom stereocenters. The molecule has 23 nitrogen and oxygen atoms in total. The van der Waals surface area contributed by atoms with E-state index in [9.17, 15) is 57.8 Å². The van der Waals surface area contributed by atoms with Crippen LogP contribution in [-0.4, -0.2) is 221 Å². The van der Waals surface area contributed by atoms with Crippen LogP contribution in [0.25, 0.3) is 0 Å². The molecule has 0 aromatic heterocycles. The summed E-state index contributed by atoms with van der Waals surface area (Å²) in [6.07, 6.45) is 2.77. The Morgan fingerprint density at radius 3 is 1.44 bits per heavy atom. The van der Waals surface area contributed by atoms with Gasteiger partial charge in [0.05, 0.1) is 19.2 Å². The van der Waals surface area contributed by atoms with Crippen LogP contribution >= 0.6 is 0 Å². The number of aliphatic hydroxyl groups is 1. The van der Waals surface area contributed by atoms with Crippen molar-refractivity contribution in [1.82, 2.24) is 50.2 Å². The van der Waals surface area contributed by atoms with E-state index in [1.54, 1.807) is 60.6 Å². The minimum Gasteiger partial charge on any atom is -0.390 e. The molecular formula is C54H97N11O12. The van der Waals surface area contributed by atoms with Gasteiger partial charge in [0.1, 0.15) is 48.3 Å². The molecule has 0 aliphatic rings. The van der Waals surface area contributed by atoms with Crippen molar-refractivity contribution in [1.29, 1.82) is 0 Å². The number of carbonyl (C=O) groups is 11. The summed E-state index contributed by atoms with van der Waals surface area (Å²) in [7, 11) is 9.84. The van der Waals surface area contributed by atoms with E-state index in [0.717, 1.165) is 14.7 Å². The van der Waals surface area contributed by atoms with Crippen LogP contribution in [-0.2, 0) is 52.7 Å². The van der Waals surface area contributed by atoms with Crippen LogP contribution in [0.15, 0.2) is 12.2 Å². The maximum atomic E-state index is 15.0. The number of nitrogens with two attached hydrogens (primary N) is 1. The highest BCUT2D eigenvalue weighted by Crippen LogP contribution is 2.25. The van der Waals surface area contributed by atoms with Gasteiger partial charge in [-0.2, -0.15) is 0 Å². The van der Waals surface area contributed by atoms with E-state index < -0.39 is 132 Å². The van der Waals surface area contributed by atoms with E-state index in [4.69, 9.17) is 5.73 Å². The number of carbonyl (C=O) groups excluding carboxylic acids is 11. The maximum Gasteiger partial charge on any atom is 0.246 e. The first kappa shape index (κ1) is 70.9. The Hall–Kier alpha value is -6.13. The molecule has 10 atom stereocenters. The van der Waals surface area contributed by atoms with Crippen molar-refractivity contribution in [2.75, 3.05) is 62.4 Å². The second-order valence-electron chi connectivity index (χ2n) is 22.1. The molecule has 0 spiro atoms. The predicted molar refractivity (Wildman–Crippen MR) is 294 cm³/mol. The SMILES string of the molecule is C/C=C/C[C@@H](C)[C@H](O)C(C(=O)N[C@H](CC)C(=O)N(C)CC(=O)N(C)[C@@H](C)C(N)=O)N(C)C(=O)[C@@H](C(C)C)N(C)C(=O)[C@@H](CC(C)C)N(C)C(=O)[C@H](CC(C)C)N(C)C(=O)[C@H](C)NC(=O)[C@@H](C)NC(=O)CN(C)C(=O)C(C)C. The van der Waals surface area contributed by atoms with Gasteiger partial charge in [0.15, 0.2) is 0 Å². The van der Waals surface area contributed by atoms with Crippen molar-refractivity contribution in [3.63, 3.8) is 0 Å². The van der Waals surface area contributed by atoms with Crippen molar-refractivity contribution in [2.24, 2.45) is 35.3 Å². The van der Waals surface area contributed by atoms with Gasteiger partial charge < -0.3 is 61.1 Å². The molecule has 0 bridgehead atoms. The van der Waals surface area contributed by atoms with Crippen LogP contribution in [0, 0.1) is 29.6 Å². The summed E-state index contributed by atoms with van der Waals surface area (Å²) in [6, 6.07) is -9.52. The second kappa shape index (κ2) is 32.6. The van der Waals surface area contributed by atoms with Crippen LogP contribution in [0.3, 0.4) is 0 Å². The lowest BCUT2D eigenvalue weighted by Gasteiger charge is -2.41. The molecule has 0 heterocycles. The number of amides is 11. The number of nitrogens with one attached hydrogen (secondary N) is 3. The molecule has 0 fully saturated rings. The molecule has 0 aliphatic carbocycles. The van der Waals surface area contributed by atoms with Gasteiger partial charge >= 0.3 is 0 Å². The molecule has 0 aliphatic heterocycles. The standard InChI is InChI=1S/C54H97N11O12/c1-22-24-25-34(11)45(68)44(48(71)58-38(23-2)51(74)60(16)29-42(67)61(17)37(14)46(55)69)65(21)54(77)43(32(7)8)64(20)53(76)40(27-31(5)6)63(19)52(75)39(26-30(3)4)62(18)50(73)36(13)57-47(70)35(12)56-41(66)28-59(15)49(72)33(9)10/h22,24,30-40,43-45,68H,23,25-29H2,1-21H3,(H2,55,69)(H,56,66)(H,57,70)(H,58,71)/b24-22+/t34-,35-,36+,37+,38-,39+,40-,43-,44?,45+/m1/s1. The number of likely N-dealkylation sites (N-methyl/N-ethyl adjacent to an activating group) is 7. The van der Waals surface area contributed by atoms with Crippen molar-refractivity contribution < 1.29 is 57.8 Å². The normalized spacial score (nSPS) is 15.5. The quantitative estimate of drug-likeness (QED) is 0.0604. The van der Waals surface area contributed by atoms with E-state index in [-0.39, 0.29) is 49.5 Å². The zero-order chi connectivity index (χ0) is 60.3. The Kier molecular flexibility index (Phi) is 30.0. The Balaban J connectivity index is 6.96. The molecule has 0 radical (unpaired) electrons. The van der Waals surface area contributed by atoms with Gasteiger partial charge in [-0.3, -0.25) is 52.7 Å². The fourth-order valence-electron chi connectivity index (χ4n) is 8.71. The highest BCUT2D eigenvalue weighted by atomic mass is 16.3. The second-order valence-corrected chi connectivity index (χ2v) is 22.1. The first-order chi connectivity index (χ1) is 35.4. The third kappa shape index (κ3) is 21.0. The Bertz CT molecular complexity index is 2080. The number of hydrogen-bond donors (Lipinski definition) is 5. The van der Waals surface area contributed by atoms with Gasteiger partial charge in [-0.05, 0) is 77.0 Å². The van der Waals surface area contributed by atoms with Crippen molar-refractivity contribution in [3.05, 3.63) is 12.2 Å². The molecule has 0 aromatic rings. The monoisotopic (exact) mass is 1090 g/mol. The molecule has 6 N–H and O–H groups in total. The summed E-state index contributed by atoms with van der Waals surface area (Å²) in [6.45, 7) is 23.0. The lowest BCUT2D eigenvalue weighted by Crippen LogP contribution is -2.63. The molecule has 23 heteroatoms. The summed E-state index contributed by atoms with van der Waals surface area (Å²) in [5.74, 6) is -8.71. The number of primary amides is 1. The number of rotatable bonds is 31. The molecule has 440 valence electrons. The van der Waals surface area contributed by atoms with Crippen LogP contribution in [0.5, 0.6) is 0 Å². The van der Waals surface area contributed by atoms with Crippen molar-refractivity contribution in [2.45, 2.75) is 177 Å². The maximum absolute atomic E-state index is 15.0. The first-order valence-corrected chi connectivity index (χ1v) is 26.7. The third-order valence-corrected chi connectivity index (χ3v) is 13.8. The van der Waals surface area contributed by atoms with E-state index >= 15 is 0 Å². The van der Waals surface area contributed by atoms with Gasteiger partial charge in [-0.25, -0.2) is 0 Å². The Labute approximate surface area is 458 Å². The largest absolute Gasteiger partial charge is 0.390 e. The first-order valence-electron chi connectivity index (χ1n) is 26.7. The number of nitrogens with zero attached hydrogens (tertiary/aromatic N) is 7. The minimum atomic E-state index is -1.59. The lowest BCUT2D eigenvalue weighted by molar-refractivity contribution is -0.157. The molecule has 0 saturated heterocycles. The number of aliphatic hydroxyl groups excluding tert-OH is 1. The molecule has 11 amide bonds. The zero-order valence-electron chi connectivity index (χ0n) is 50.1. The molecule has 0 rings (SSSR count). The average molecular weight is 1090 g/mol. The topological polar surface area (TPSA) is 293 Å². The van der Waals surface area contributed by atoms with E-state index in [1.807, 2.05) is 27.7 Å². The minimum absolute atomic E-state index is 0.0566. The van der Waals surface area contributed by atoms with E-state index in [0.29, 0.717) is 6.42 Å². The van der Waals surface area contributed by atoms with Gasteiger partial charge in [-0.15, -0.1) is 0 Å². The summed E-state index contributed by atoms with van der Waals surface area (Å²) >= 11 is 0. The molecular weight excluding hydrogens is 995 g/mol. The average Bonchev–Trinajstić information content (AvgIpc) is 3.35. The van der Waals surface area contributed by atoms with Gasteiger partial charge in [-0.1, -0.05) is 81.4 Å². The highest BCUT2D eigenvalue weighted by Gasteiger charge is 2.45. The van der Waals surface area contributed by atoms with E-state index in [1.165, 1.54) is 89.7 Å². The summed E-state index contributed by atoms with van der Waals surface area (Å²) in [5.41, 5.74) is 5.36. The summed E-state index contributed by atoms with van der Waals surface area (Å²) in [4.78, 5) is 158. The molecule has 0 saturated carbocycles. The predicted octanol–water partition coefficient (Wildman–Crippen LogP) is 0.815. The zero-order valence-corrected chi connectivity index (χ0v) is 50.1. The third-order valence-electron chi connectivity index (χ3n) is 13.8. The summed E-state index contributed by atoms with van der Waals surface area (Å²) < 4.78 is 0. The van der Waals surface area contributed by atoms with E-state index in [2.05, 4.69) is 16.0 Å². The summed E-state index contributed by atoms with van der Waals surface area (Å²) in [5, 5.41) is 19.7. The smallest absolute Gasteiger partial charge is 0.246 e. The fraction of sp³-hybridized carbons (Fsp3) is 0.759. The molecule has 0 aromatic carbocycles. The lowest BCUT2D eigenvalue weighted by atomic mass is 9.91. The van der Waals surface area contributed by atoms with Gasteiger partial charge in [0.2, 0.25) is 65.0 Å². The highest BCUT2D eigenvalue weighted by molar-refractivity contribution is 5.98. The van der Waals surface area contributed by atoms with Crippen molar-refractivity contribution in [3.8, 4) is 0 Å². The van der Waals surface area contributed by atoms with Crippen LogP contribution in [0.2, 0.25) is 0 Å². The van der Waals surface area contributed by atoms with Crippen LogP contribution in [0.4, 0.5) is 0 Å². The molecule has 77 heavy (non-hydrogen) atoms. The van der Waals surface area contributed by atoms with Crippen molar-refractivity contribution >= 4 is 65.0 Å². The fourth-order valence-corrected chi connectivity index (χ4v) is 8.71. The van der Waals surface area contributed by atoms with Crippen LogP contribution in [0.1, 0.15) is 123 Å². The van der Waals surface area contributed by atoms with Gasteiger partial charge in [0, 0.05) is 55.3 Å². The number of hydrogen-bond acceptors (Lipinski definition) is 12. The Morgan fingerprint density at radius 1 is 0.532 bits per heavy atom. The van der Waals surface area contributed by atoms with Gasteiger partial charge in [0.25, 0.3) is 0 Å². The van der Waals surface area contributed by atoms with Crippen LogP contribution < -0.4 is 21.7 Å².